The normalized spacial score (nSPS) is 12.1. The van der Waals surface area contributed by atoms with Gasteiger partial charge in [-0.25, -0.2) is 0 Å². The second-order valence-electron chi connectivity index (χ2n) is 4.52. The van der Waals surface area contributed by atoms with E-state index in [9.17, 15) is 18.0 Å². The molecule has 8 heteroatoms. The number of nitrogens with two attached hydrogens (primary N) is 1. The molecule has 0 aliphatic rings. The molecule has 0 heterocycles. The quantitative estimate of drug-likeness (QED) is 0.425. The van der Waals surface area contributed by atoms with Gasteiger partial charge in [-0.1, -0.05) is 6.92 Å². The van der Waals surface area contributed by atoms with Crippen molar-refractivity contribution < 1.29 is 18.0 Å². The highest BCUT2D eigenvalue weighted by atomic mass is 19.4. The number of guanidine groups is 1. The van der Waals surface area contributed by atoms with Gasteiger partial charge in [-0.05, 0) is 30.7 Å². The smallest absolute Gasteiger partial charge is 0.370 e. The standard InChI is InChI=1S/C14H19F3N4O/c1-2-7-20-13(18)21-9-8-19-12(22)10-3-5-11(6-4-10)14(15,16)17/h3-6H,2,7-9H2,1H3,(H,19,22)(H3,18,20,21). The first-order valence-corrected chi connectivity index (χ1v) is 6.84. The molecule has 0 unspecified atom stereocenters. The van der Waals surface area contributed by atoms with Crippen molar-refractivity contribution in [2.24, 2.45) is 10.7 Å². The Hall–Kier alpha value is -2.25. The SMILES string of the molecule is CCCN=C(N)NCCNC(=O)c1ccc(C(F)(F)F)cc1. The number of hydrogen-bond donors (Lipinski definition) is 3. The molecular weight excluding hydrogens is 297 g/mol. The van der Waals surface area contributed by atoms with Crippen LogP contribution in [-0.4, -0.2) is 31.5 Å². The van der Waals surface area contributed by atoms with Crippen LogP contribution in [0.15, 0.2) is 29.3 Å². The molecule has 1 aromatic carbocycles. The number of amides is 1. The summed E-state index contributed by atoms with van der Waals surface area (Å²) in [6.07, 6.45) is -3.53. The van der Waals surface area contributed by atoms with Crippen molar-refractivity contribution in [1.29, 1.82) is 0 Å². The van der Waals surface area contributed by atoms with Crippen LogP contribution < -0.4 is 16.4 Å². The predicted octanol–water partition coefficient (Wildman–Crippen LogP) is 1.75. The Morgan fingerprint density at radius 3 is 2.32 bits per heavy atom. The van der Waals surface area contributed by atoms with Crippen molar-refractivity contribution >= 4 is 11.9 Å². The number of halogens is 3. The lowest BCUT2D eigenvalue weighted by atomic mass is 10.1. The van der Waals surface area contributed by atoms with Crippen LogP contribution in [-0.2, 0) is 6.18 Å². The van der Waals surface area contributed by atoms with Gasteiger partial charge in [0.1, 0.15) is 0 Å². The minimum Gasteiger partial charge on any atom is -0.370 e. The summed E-state index contributed by atoms with van der Waals surface area (Å²) in [4.78, 5) is 15.8. The molecule has 122 valence electrons. The first-order chi connectivity index (χ1) is 10.3. The molecule has 0 saturated heterocycles. The lowest BCUT2D eigenvalue weighted by molar-refractivity contribution is -0.137. The Balaban J connectivity index is 2.40. The van der Waals surface area contributed by atoms with Crippen molar-refractivity contribution in [1.82, 2.24) is 10.6 Å². The molecule has 0 bridgehead atoms. The fraction of sp³-hybridized carbons (Fsp3) is 0.429. The minimum absolute atomic E-state index is 0.167. The van der Waals surface area contributed by atoms with Gasteiger partial charge in [0.15, 0.2) is 5.96 Å². The van der Waals surface area contributed by atoms with Gasteiger partial charge in [0, 0.05) is 25.2 Å². The highest BCUT2D eigenvalue weighted by Crippen LogP contribution is 2.28. The van der Waals surface area contributed by atoms with E-state index >= 15 is 0 Å². The summed E-state index contributed by atoms with van der Waals surface area (Å²) in [5.41, 5.74) is 4.95. The van der Waals surface area contributed by atoms with E-state index in [2.05, 4.69) is 15.6 Å². The average Bonchev–Trinajstić information content (AvgIpc) is 2.48. The topological polar surface area (TPSA) is 79.5 Å². The molecule has 4 N–H and O–H groups in total. The van der Waals surface area contributed by atoms with Crippen molar-refractivity contribution in [3.8, 4) is 0 Å². The van der Waals surface area contributed by atoms with Crippen LogP contribution in [0.2, 0.25) is 0 Å². The van der Waals surface area contributed by atoms with Crippen LogP contribution in [0.3, 0.4) is 0 Å². The Morgan fingerprint density at radius 2 is 1.77 bits per heavy atom. The average molecular weight is 316 g/mol. The van der Waals surface area contributed by atoms with Crippen molar-refractivity contribution in [3.05, 3.63) is 35.4 Å². The van der Waals surface area contributed by atoms with E-state index in [1.807, 2.05) is 6.92 Å². The number of carbonyl (C=O) groups excluding carboxylic acids is 1. The molecule has 1 aromatic rings. The van der Waals surface area contributed by atoms with Gasteiger partial charge < -0.3 is 16.4 Å². The molecule has 0 aromatic heterocycles. The highest BCUT2D eigenvalue weighted by Gasteiger charge is 2.30. The first kappa shape index (κ1) is 17.8. The van der Waals surface area contributed by atoms with Gasteiger partial charge in [0.2, 0.25) is 0 Å². The van der Waals surface area contributed by atoms with Crippen molar-refractivity contribution in [2.45, 2.75) is 19.5 Å². The van der Waals surface area contributed by atoms with E-state index < -0.39 is 17.6 Å². The second-order valence-corrected chi connectivity index (χ2v) is 4.52. The van der Waals surface area contributed by atoms with Gasteiger partial charge in [-0.15, -0.1) is 0 Å². The van der Waals surface area contributed by atoms with E-state index in [1.165, 1.54) is 0 Å². The van der Waals surface area contributed by atoms with Crippen molar-refractivity contribution in [2.75, 3.05) is 19.6 Å². The molecule has 0 atom stereocenters. The lowest BCUT2D eigenvalue weighted by Gasteiger charge is -2.09. The Labute approximate surface area is 126 Å². The summed E-state index contributed by atoms with van der Waals surface area (Å²) in [5, 5.41) is 5.39. The van der Waals surface area contributed by atoms with Crippen LogP contribution in [0.25, 0.3) is 0 Å². The zero-order chi connectivity index (χ0) is 16.6. The maximum atomic E-state index is 12.4. The molecule has 0 saturated carbocycles. The lowest BCUT2D eigenvalue weighted by Crippen LogP contribution is -2.38. The van der Waals surface area contributed by atoms with Gasteiger partial charge in [0.25, 0.3) is 5.91 Å². The number of aliphatic imine (C=N–C) groups is 1. The second kappa shape index (κ2) is 8.26. The number of nitrogens with zero attached hydrogens (tertiary/aromatic N) is 1. The Bertz CT molecular complexity index is 512. The summed E-state index contributed by atoms with van der Waals surface area (Å²) >= 11 is 0. The van der Waals surface area contributed by atoms with E-state index in [0.717, 1.165) is 30.7 Å². The molecule has 0 radical (unpaired) electrons. The van der Waals surface area contributed by atoms with Gasteiger partial charge >= 0.3 is 6.18 Å². The summed E-state index contributed by atoms with van der Waals surface area (Å²) in [6.45, 7) is 3.26. The number of nitrogens with one attached hydrogen (secondary N) is 2. The molecule has 0 aliphatic carbocycles. The van der Waals surface area contributed by atoms with E-state index in [-0.39, 0.29) is 12.1 Å². The summed E-state index contributed by atoms with van der Waals surface area (Å²) < 4.78 is 37.2. The molecule has 22 heavy (non-hydrogen) atoms. The van der Waals surface area contributed by atoms with Crippen LogP contribution >= 0.6 is 0 Å². The predicted molar refractivity (Wildman–Crippen MR) is 78.6 cm³/mol. The molecule has 1 rings (SSSR count). The maximum Gasteiger partial charge on any atom is 0.416 e. The van der Waals surface area contributed by atoms with Crippen LogP contribution in [0, 0.1) is 0 Å². The number of rotatable bonds is 6. The van der Waals surface area contributed by atoms with E-state index in [4.69, 9.17) is 5.73 Å². The third kappa shape index (κ3) is 6.02. The monoisotopic (exact) mass is 316 g/mol. The van der Waals surface area contributed by atoms with E-state index in [1.54, 1.807) is 0 Å². The Kier molecular flexibility index (Phi) is 6.68. The fourth-order valence-electron chi connectivity index (χ4n) is 1.57. The molecule has 0 spiro atoms. The van der Waals surface area contributed by atoms with Crippen LogP contribution in [0.5, 0.6) is 0 Å². The van der Waals surface area contributed by atoms with Crippen LogP contribution in [0.1, 0.15) is 29.3 Å². The maximum absolute atomic E-state index is 12.4. The van der Waals surface area contributed by atoms with Crippen LogP contribution in [0.4, 0.5) is 13.2 Å². The fourth-order valence-corrected chi connectivity index (χ4v) is 1.57. The van der Waals surface area contributed by atoms with E-state index in [0.29, 0.717) is 19.0 Å². The highest BCUT2D eigenvalue weighted by molar-refractivity contribution is 5.94. The Morgan fingerprint density at radius 1 is 1.18 bits per heavy atom. The summed E-state index contributed by atoms with van der Waals surface area (Å²) in [7, 11) is 0. The third-order valence-corrected chi connectivity index (χ3v) is 2.70. The van der Waals surface area contributed by atoms with Gasteiger partial charge in [-0.2, -0.15) is 13.2 Å². The first-order valence-electron chi connectivity index (χ1n) is 6.84. The number of alkyl halides is 3. The minimum atomic E-state index is -4.41. The van der Waals surface area contributed by atoms with Gasteiger partial charge in [-0.3, -0.25) is 9.79 Å². The molecule has 5 nitrogen and oxygen atoms in total. The third-order valence-electron chi connectivity index (χ3n) is 2.70. The molecule has 0 aliphatic heterocycles. The largest absolute Gasteiger partial charge is 0.416 e. The number of benzene rings is 1. The summed E-state index contributed by atoms with van der Waals surface area (Å²) in [6, 6.07) is 4.04. The van der Waals surface area contributed by atoms with Crippen molar-refractivity contribution in [3.63, 3.8) is 0 Å². The molecule has 0 fully saturated rings. The zero-order valence-electron chi connectivity index (χ0n) is 12.2. The number of carbonyl (C=O) groups is 1. The molecule has 1 amide bonds. The van der Waals surface area contributed by atoms with Gasteiger partial charge in [0.05, 0.1) is 5.56 Å². The molecular formula is C14H19F3N4O. The summed E-state index contributed by atoms with van der Waals surface area (Å²) in [5.74, 6) is -0.148. The zero-order valence-corrected chi connectivity index (χ0v) is 12.2. The number of hydrogen-bond acceptors (Lipinski definition) is 2.